The van der Waals surface area contributed by atoms with E-state index in [-0.39, 0.29) is 30.2 Å². The Labute approximate surface area is 109 Å². The van der Waals surface area contributed by atoms with Crippen molar-refractivity contribution in [3.63, 3.8) is 0 Å². The summed E-state index contributed by atoms with van der Waals surface area (Å²) in [7, 11) is 1.59. The maximum atomic E-state index is 12.2. The van der Waals surface area contributed by atoms with E-state index in [1.54, 1.807) is 7.05 Å². The number of carbonyl (C=O) groups is 2. The van der Waals surface area contributed by atoms with E-state index in [0.717, 1.165) is 0 Å². The molecule has 1 aromatic heterocycles. The number of pyridine rings is 1. The number of carboxylic acids is 1. The molecule has 1 atom stereocenters. The smallest absolute Gasteiger partial charge is 0.334 e. The normalized spacial score (nSPS) is 19.2. The second kappa shape index (κ2) is 5.23. The predicted octanol–water partition coefficient (Wildman–Crippen LogP) is -0.689. The molecule has 1 saturated heterocycles. The number of hydrogen-bond acceptors (Lipinski definition) is 4. The summed E-state index contributed by atoms with van der Waals surface area (Å²) in [5.74, 6) is -1.45. The van der Waals surface area contributed by atoms with E-state index in [9.17, 15) is 14.4 Å². The van der Waals surface area contributed by atoms with Gasteiger partial charge >= 0.3 is 5.97 Å². The van der Waals surface area contributed by atoms with Gasteiger partial charge in [0.2, 0.25) is 0 Å². The van der Waals surface area contributed by atoms with Crippen molar-refractivity contribution in [3.8, 4) is 0 Å². The number of carbonyl (C=O) groups excluding carboxylic acids is 1. The summed E-state index contributed by atoms with van der Waals surface area (Å²) in [6.07, 6.45) is 0.495. The van der Waals surface area contributed by atoms with Gasteiger partial charge in [-0.25, -0.2) is 4.79 Å². The Balaban J connectivity index is 2.17. The van der Waals surface area contributed by atoms with Gasteiger partial charge in [0.25, 0.3) is 11.5 Å². The third kappa shape index (κ3) is 2.82. The van der Waals surface area contributed by atoms with Gasteiger partial charge in [0, 0.05) is 31.4 Å². The highest BCUT2D eigenvalue weighted by molar-refractivity contribution is 5.94. The Morgan fingerprint density at radius 3 is 2.84 bits per heavy atom. The van der Waals surface area contributed by atoms with Gasteiger partial charge in [-0.2, -0.15) is 0 Å². The van der Waals surface area contributed by atoms with Gasteiger partial charge in [-0.3, -0.25) is 9.59 Å². The van der Waals surface area contributed by atoms with Crippen molar-refractivity contribution in [2.45, 2.75) is 6.10 Å². The number of aliphatic carboxylic acids is 1. The van der Waals surface area contributed by atoms with Crippen LogP contribution in [-0.4, -0.2) is 52.3 Å². The second-order valence-electron chi connectivity index (χ2n) is 4.31. The molecule has 1 aliphatic rings. The summed E-state index contributed by atoms with van der Waals surface area (Å²) in [4.78, 5) is 35.9. The van der Waals surface area contributed by atoms with E-state index in [0.29, 0.717) is 6.54 Å². The summed E-state index contributed by atoms with van der Waals surface area (Å²) in [6.45, 7) is 0.481. The first kappa shape index (κ1) is 13.3. The number of morpholine rings is 1. The number of aryl methyl sites for hydroxylation is 1. The predicted molar refractivity (Wildman–Crippen MR) is 65.0 cm³/mol. The lowest BCUT2D eigenvalue weighted by molar-refractivity contribution is -0.154. The van der Waals surface area contributed by atoms with Crippen LogP contribution in [0, 0.1) is 0 Å². The van der Waals surface area contributed by atoms with Gasteiger partial charge in [0.1, 0.15) is 0 Å². The molecule has 1 unspecified atom stereocenters. The van der Waals surface area contributed by atoms with Gasteiger partial charge < -0.3 is 19.3 Å². The van der Waals surface area contributed by atoms with Gasteiger partial charge in [0.15, 0.2) is 6.10 Å². The van der Waals surface area contributed by atoms with Crippen LogP contribution in [0.3, 0.4) is 0 Å². The van der Waals surface area contributed by atoms with Crippen LogP contribution < -0.4 is 5.56 Å². The zero-order valence-corrected chi connectivity index (χ0v) is 10.4. The van der Waals surface area contributed by atoms with Crippen LogP contribution in [0.2, 0.25) is 0 Å². The largest absolute Gasteiger partial charge is 0.479 e. The maximum absolute atomic E-state index is 12.2. The minimum Gasteiger partial charge on any atom is -0.479 e. The van der Waals surface area contributed by atoms with E-state index in [1.807, 2.05) is 0 Å². The molecule has 0 aromatic carbocycles. The zero-order chi connectivity index (χ0) is 14.0. The van der Waals surface area contributed by atoms with Crippen LogP contribution in [0.25, 0.3) is 0 Å². The Bertz CT molecular complexity index is 565. The highest BCUT2D eigenvalue weighted by Crippen LogP contribution is 2.09. The molecular formula is C12H14N2O5. The molecule has 7 heteroatoms. The monoisotopic (exact) mass is 266 g/mol. The standard InChI is InChI=1S/C12H14N2O5/c1-13-3-2-8(6-10(13)15)11(16)14-4-5-19-9(7-14)12(17)18/h2-3,6,9H,4-5,7H2,1H3,(H,17,18). The molecule has 0 radical (unpaired) electrons. The van der Waals surface area contributed by atoms with Crippen molar-refractivity contribution in [1.29, 1.82) is 0 Å². The fraction of sp³-hybridized carbons (Fsp3) is 0.417. The summed E-state index contributed by atoms with van der Waals surface area (Å²) in [6, 6.07) is 2.78. The van der Waals surface area contributed by atoms with Gasteiger partial charge in [-0.05, 0) is 6.07 Å². The lowest BCUT2D eigenvalue weighted by Gasteiger charge is -2.30. The van der Waals surface area contributed by atoms with Crippen LogP contribution >= 0.6 is 0 Å². The highest BCUT2D eigenvalue weighted by Gasteiger charge is 2.29. The van der Waals surface area contributed by atoms with Gasteiger partial charge in [0.05, 0.1) is 13.2 Å². The van der Waals surface area contributed by atoms with Crippen molar-refractivity contribution in [2.75, 3.05) is 19.7 Å². The van der Waals surface area contributed by atoms with E-state index < -0.39 is 12.1 Å². The maximum Gasteiger partial charge on any atom is 0.334 e. The quantitative estimate of drug-likeness (QED) is 0.765. The first-order valence-electron chi connectivity index (χ1n) is 5.79. The van der Waals surface area contributed by atoms with Crippen LogP contribution in [0.5, 0.6) is 0 Å². The van der Waals surface area contributed by atoms with Gasteiger partial charge in [-0.1, -0.05) is 0 Å². The third-order valence-electron chi connectivity index (χ3n) is 2.98. The molecule has 102 valence electrons. The van der Waals surface area contributed by atoms with Crippen molar-refractivity contribution in [1.82, 2.24) is 9.47 Å². The van der Waals surface area contributed by atoms with Crippen molar-refractivity contribution < 1.29 is 19.4 Å². The number of nitrogens with zero attached hydrogens (tertiary/aromatic N) is 2. The number of aromatic nitrogens is 1. The van der Waals surface area contributed by atoms with Crippen molar-refractivity contribution in [3.05, 3.63) is 34.2 Å². The molecule has 1 N–H and O–H groups in total. The first-order valence-corrected chi connectivity index (χ1v) is 5.79. The van der Waals surface area contributed by atoms with Crippen LogP contribution in [0.4, 0.5) is 0 Å². The Hall–Kier alpha value is -2.15. The Kier molecular flexibility index (Phi) is 3.66. The molecule has 7 nitrogen and oxygen atoms in total. The summed E-state index contributed by atoms with van der Waals surface area (Å²) in [5, 5.41) is 8.87. The number of rotatable bonds is 2. The van der Waals surface area contributed by atoms with Crippen LogP contribution in [0.1, 0.15) is 10.4 Å². The zero-order valence-electron chi connectivity index (χ0n) is 10.4. The lowest BCUT2D eigenvalue weighted by atomic mass is 10.2. The van der Waals surface area contributed by atoms with E-state index in [1.165, 1.54) is 27.8 Å². The average molecular weight is 266 g/mol. The first-order chi connectivity index (χ1) is 8.99. The fourth-order valence-corrected chi connectivity index (χ4v) is 1.85. The molecule has 1 fully saturated rings. The molecule has 0 aliphatic carbocycles. The molecule has 2 heterocycles. The molecule has 0 bridgehead atoms. The van der Waals surface area contributed by atoms with E-state index in [2.05, 4.69) is 0 Å². The van der Waals surface area contributed by atoms with Crippen molar-refractivity contribution >= 4 is 11.9 Å². The Morgan fingerprint density at radius 1 is 1.47 bits per heavy atom. The molecule has 0 saturated carbocycles. The third-order valence-corrected chi connectivity index (χ3v) is 2.98. The summed E-state index contributed by atoms with van der Waals surface area (Å²) < 4.78 is 6.40. The number of hydrogen-bond donors (Lipinski definition) is 1. The molecule has 1 amide bonds. The van der Waals surface area contributed by atoms with Crippen LogP contribution in [0.15, 0.2) is 23.1 Å². The second-order valence-corrected chi connectivity index (χ2v) is 4.31. The molecule has 0 spiro atoms. The summed E-state index contributed by atoms with van der Waals surface area (Å²) in [5.41, 5.74) is -0.0250. The topological polar surface area (TPSA) is 88.8 Å². The van der Waals surface area contributed by atoms with Crippen molar-refractivity contribution in [2.24, 2.45) is 7.05 Å². The minimum atomic E-state index is -1.10. The molecular weight excluding hydrogens is 252 g/mol. The lowest BCUT2D eigenvalue weighted by Crippen LogP contribution is -2.48. The molecule has 1 aliphatic heterocycles. The molecule has 2 rings (SSSR count). The molecule has 1 aromatic rings. The average Bonchev–Trinajstić information content (AvgIpc) is 2.41. The van der Waals surface area contributed by atoms with Gasteiger partial charge in [-0.15, -0.1) is 0 Å². The number of carboxylic acid groups (broad SMARTS) is 1. The SMILES string of the molecule is Cn1ccc(C(=O)N2CCOC(C(=O)O)C2)cc1=O. The molecule has 19 heavy (non-hydrogen) atoms. The summed E-state index contributed by atoms with van der Waals surface area (Å²) >= 11 is 0. The number of ether oxygens (including phenoxy) is 1. The highest BCUT2D eigenvalue weighted by atomic mass is 16.5. The Morgan fingerprint density at radius 2 is 2.21 bits per heavy atom. The fourth-order valence-electron chi connectivity index (χ4n) is 1.85. The van der Waals surface area contributed by atoms with E-state index >= 15 is 0 Å². The number of amides is 1. The minimum absolute atomic E-state index is 0.0105. The van der Waals surface area contributed by atoms with Crippen LogP contribution in [-0.2, 0) is 16.6 Å². The van der Waals surface area contributed by atoms with E-state index in [4.69, 9.17) is 9.84 Å².